The summed E-state index contributed by atoms with van der Waals surface area (Å²) in [6.45, 7) is 6.64. The molecular formula is C15H16BrN2O3S-. The monoisotopic (exact) mass is 383 g/mol. The van der Waals surface area contributed by atoms with E-state index >= 15 is 0 Å². The second-order valence-electron chi connectivity index (χ2n) is 4.86. The minimum atomic E-state index is -1.19. The molecule has 0 saturated heterocycles. The number of aromatic nitrogens is 1. The molecule has 0 unspecified atom stereocenters. The first-order chi connectivity index (χ1) is 10.4. The fourth-order valence-corrected chi connectivity index (χ4v) is 3.61. The average molecular weight is 384 g/mol. The van der Waals surface area contributed by atoms with Crippen LogP contribution in [0.15, 0.2) is 16.6 Å². The van der Waals surface area contributed by atoms with Crippen molar-refractivity contribution in [2.45, 2.75) is 20.8 Å². The van der Waals surface area contributed by atoms with Crippen LogP contribution in [0.25, 0.3) is 0 Å². The highest BCUT2D eigenvalue weighted by Gasteiger charge is 2.08. The van der Waals surface area contributed by atoms with Crippen LogP contribution in [-0.4, -0.2) is 24.1 Å². The maximum Gasteiger partial charge on any atom is 0.183 e. The molecule has 0 aliphatic rings. The van der Waals surface area contributed by atoms with E-state index in [2.05, 4.69) is 26.2 Å². The number of carboxylic acids is 1. The van der Waals surface area contributed by atoms with Gasteiger partial charge in [0.25, 0.3) is 0 Å². The number of carbonyl (C=O) groups excluding carboxylic acids is 1. The zero-order valence-corrected chi connectivity index (χ0v) is 14.9. The molecule has 22 heavy (non-hydrogen) atoms. The highest BCUT2D eigenvalue weighted by Crippen LogP contribution is 2.27. The first-order valence-electron chi connectivity index (χ1n) is 6.70. The van der Waals surface area contributed by atoms with Crippen molar-refractivity contribution in [2.75, 3.05) is 18.5 Å². The van der Waals surface area contributed by atoms with E-state index in [1.54, 1.807) is 6.92 Å². The lowest BCUT2D eigenvalue weighted by molar-refractivity contribution is -0.254. The summed E-state index contributed by atoms with van der Waals surface area (Å²) in [4.78, 5) is 15.2. The van der Waals surface area contributed by atoms with Crippen LogP contribution in [-0.2, 0) is 0 Å². The van der Waals surface area contributed by atoms with Gasteiger partial charge in [-0.05, 0) is 44.0 Å². The molecule has 1 N–H and O–H groups in total. The van der Waals surface area contributed by atoms with Gasteiger partial charge in [-0.15, -0.1) is 0 Å². The molecule has 118 valence electrons. The van der Waals surface area contributed by atoms with Crippen LogP contribution in [0.4, 0.5) is 5.13 Å². The van der Waals surface area contributed by atoms with Crippen molar-refractivity contribution in [2.24, 2.45) is 0 Å². The molecule has 0 saturated carbocycles. The van der Waals surface area contributed by atoms with Gasteiger partial charge in [-0.3, -0.25) is 0 Å². The van der Waals surface area contributed by atoms with Gasteiger partial charge in [-0.25, -0.2) is 4.98 Å². The quantitative estimate of drug-likeness (QED) is 0.776. The zero-order valence-electron chi connectivity index (χ0n) is 12.5. The van der Waals surface area contributed by atoms with Crippen LogP contribution in [0.3, 0.4) is 0 Å². The van der Waals surface area contributed by atoms with Crippen molar-refractivity contribution in [3.63, 3.8) is 0 Å². The Labute approximate surface area is 141 Å². The van der Waals surface area contributed by atoms with Crippen molar-refractivity contribution in [3.8, 4) is 5.75 Å². The van der Waals surface area contributed by atoms with E-state index in [-0.39, 0.29) is 4.88 Å². The molecular weight excluding hydrogens is 368 g/mol. The number of hydrogen-bond acceptors (Lipinski definition) is 6. The van der Waals surface area contributed by atoms with Gasteiger partial charge in [0.15, 0.2) is 5.13 Å². The number of aryl methyl sites for hydroxylation is 3. The summed E-state index contributed by atoms with van der Waals surface area (Å²) in [5.74, 6) is -0.323. The highest BCUT2D eigenvalue weighted by molar-refractivity contribution is 9.10. The summed E-state index contributed by atoms with van der Waals surface area (Å²) in [6.07, 6.45) is 0. The smallest absolute Gasteiger partial charge is 0.183 e. The number of carboxylic acid groups (broad SMARTS) is 1. The maximum atomic E-state index is 10.9. The molecule has 0 spiro atoms. The predicted molar refractivity (Wildman–Crippen MR) is 88.8 cm³/mol. The lowest BCUT2D eigenvalue weighted by Gasteiger charge is -2.12. The van der Waals surface area contributed by atoms with Gasteiger partial charge in [-0.1, -0.05) is 27.3 Å². The van der Waals surface area contributed by atoms with Crippen LogP contribution in [0, 0.1) is 20.8 Å². The maximum absolute atomic E-state index is 10.9. The molecule has 0 aliphatic carbocycles. The first-order valence-corrected chi connectivity index (χ1v) is 8.31. The van der Waals surface area contributed by atoms with E-state index in [9.17, 15) is 9.90 Å². The first kappa shape index (κ1) is 16.8. The largest absolute Gasteiger partial charge is 0.544 e. The van der Waals surface area contributed by atoms with Crippen LogP contribution in [0.2, 0.25) is 0 Å². The molecule has 0 bridgehead atoms. The fraction of sp³-hybridized carbons (Fsp3) is 0.333. The number of thiazole rings is 1. The van der Waals surface area contributed by atoms with Crippen molar-refractivity contribution in [1.29, 1.82) is 0 Å². The number of halogens is 1. The Balaban J connectivity index is 1.90. The van der Waals surface area contributed by atoms with Crippen molar-refractivity contribution < 1.29 is 14.6 Å². The lowest BCUT2D eigenvalue weighted by atomic mass is 10.1. The van der Waals surface area contributed by atoms with Crippen LogP contribution >= 0.6 is 27.3 Å². The topological polar surface area (TPSA) is 74.3 Å². The summed E-state index contributed by atoms with van der Waals surface area (Å²) in [5, 5.41) is 14.5. The molecule has 0 aliphatic heterocycles. The third-order valence-corrected chi connectivity index (χ3v) is 4.58. The molecule has 7 heteroatoms. The molecule has 0 atom stereocenters. The van der Waals surface area contributed by atoms with Crippen molar-refractivity contribution in [1.82, 2.24) is 4.98 Å². The Morgan fingerprint density at radius 3 is 2.55 bits per heavy atom. The van der Waals surface area contributed by atoms with E-state index in [0.717, 1.165) is 32.7 Å². The SMILES string of the molecule is Cc1cc(Br)cc(C)c1OCCNc1nc(C)c(C(=O)[O-])s1. The summed E-state index contributed by atoms with van der Waals surface area (Å²) in [5.41, 5.74) is 2.60. The van der Waals surface area contributed by atoms with Crippen molar-refractivity contribution in [3.05, 3.63) is 38.3 Å². The van der Waals surface area contributed by atoms with Gasteiger partial charge < -0.3 is 20.0 Å². The number of ether oxygens (including phenoxy) is 1. The number of nitrogens with one attached hydrogen (secondary N) is 1. The summed E-state index contributed by atoms with van der Waals surface area (Å²) < 4.78 is 6.82. The summed E-state index contributed by atoms with van der Waals surface area (Å²) in [6, 6.07) is 4.01. The number of hydrogen-bond donors (Lipinski definition) is 1. The van der Waals surface area contributed by atoms with E-state index < -0.39 is 5.97 Å². The number of aromatic carboxylic acids is 1. The lowest BCUT2D eigenvalue weighted by Crippen LogP contribution is -2.21. The van der Waals surface area contributed by atoms with Gasteiger partial charge in [0, 0.05) is 4.47 Å². The standard InChI is InChI=1S/C15H17BrN2O3S/c1-8-6-11(16)7-9(2)12(8)21-5-4-17-15-18-10(3)13(22-15)14(19)20/h6-7H,4-5H2,1-3H3,(H,17,18)(H,19,20)/p-1. The van der Waals surface area contributed by atoms with Crippen LogP contribution < -0.4 is 15.2 Å². The molecule has 0 fully saturated rings. The molecule has 5 nitrogen and oxygen atoms in total. The number of benzene rings is 1. The van der Waals surface area contributed by atoms with E-state index in [0.29, 0.717) is 24.0 Å². The number of rotatable bonds is 6. The van der Waals surface area contributed by atoms with Crippen LogP contribution in [0.1, 0.15) is 26.5 Å². The molecule has 1 heterocycles. The normalized spacial score (nSPS) is 10.5. The Bertz CT molecular complexity index is 677. The molecule has 0 amide bonds. The molecule has 2 aromatic rings. The van der Waals surface area contributed by atoms with Gasteiger partial charge in [-0.2, -0.15) is 0 Å². The van der Waals surface area contributed by atoms with Gasteiger partial charge >= 0.3 is 0 Å². The fourth-order valence-electron chi connectivity index (χ4n) is 2.10. The van der Waals surface area contributed by atoms with Crippen molar-refractivity contribution >= 4 is 38.4 Å². The number of anilines is 1. The van der Waals surface area contributed by atoms with E-state index in [1.165, 1.54) is 0 Å². The Kier molecular flexibility index (Phi) is 5.42. The Morgan fingerprint density at radius 2 is 2.00 bits per heavy atom. The van der Waals surface area contributed by atoms with E-state index in [4.69, 9.17) is 4.74 Å². The second kappa shape index (κ2) is 7.11. The Morgan fingerprint density at radius 1 is 1.36 bits per heavy atom. The third kappa shape index (κ3) is 3.98. The molecule has 0 radical (unpaired) electrons. The summed E-state index contributed by atoms with van der Waals surface area (Å²) in [7, 11) is 0. The highest BCUT2D eigenvalue weighted by atomic mass is 79.9. The molecule has 1 aromatic carbocycles. The minimum absolute atomic E-state index is 0.156. The minimum Gasteiger partial charge on any atom is -0.544 e. The van der Waals surface area contributed by atoms with Gasteiger partial charge in [0.1, 0.15) is 12.4 Å². The predicted octanol–water partition coefficient (Wildman–Crippen LogP) is 2.69. The molecule has 2 rings (SSSR count). The van der Waals surface area contributed by atoms with Gasteiger partial charge in [0.2, 0.25) is 0 Å². The Hall–Kier alpha value is -1.60. The second-order valence-corrected chi connectivity index (χ2v) is 6.78. The van der Waals surface area contributed by atoms with Gasteiger partial charge in [0.05, 0.1) is 23.1 Å². The van der Waals surface area contributed by atoms with Crippen LogP contribution in [0.5, 0.6) is 5.75 Å². The molecule has 1 aromatic heterocycles. The number of nitrogens with zero attached hydrogens (tertiary/aromatic N) is 1. The summed E-state index contributed by atoms with van der Waals surface area (Å²) >= 11 is 4.53. The third-order valence-electron chi connectivity index (χ3n) is 3.03. The average Bonchev–Trinajstić information content (AvgIpc) is 2.78. The van der Waals surface area contributed by atoms with E-state index in [1.807, 2.05) is 26.0 Å². The number of carbonyl (C=O) groups is 1. The zero-order chi connectivity index (χ0) is 16.3.